The van der Waals surface area contributed by atoms with Crippen LogP contribution in [0.4, 0.5) is 5.82 Å². The number of carbonyl (C=O) groups excluding carboxylic acids is 1. The highest BCUT2D eigenvalue weighted by atomic mass is 16.5. The van der Waals surface area contributed by atoms with Gasteiger partial charge in [-0.15, -0.1) is 0 Å². The van der Waals surface area contributed by atoms with E-state index in [1.807, 2.05) is 46.8 Å². The van der Waals surface area contributed by atoms with Crippen LogP contribution in [-0.4, -0.2) is 48.8 Å². The number of hydrogen-bond acceptors (Lipinski definition) is 8. The zero-order valence-corrected chi connectivity index (χ0v) is 21.8. The minimum absolute atomic E-state index is 0.0231. The first kappa shape index (κ1) is 25.6. The number of nitrogens with one attached hydrogen (secondary N) is 1. The van der Waals surface area contributed by atoms with Crippen molar-refractivity contribution in [2.75, 3.05) is 37.8 Å². The second-order valence-corrected chi connectivity index (χ2v) is 8.88. The van der Waals surface area contributed by atoms with Crippen molar-refractivity contribution in [2.24, 2.45) is 5.92 Å². The number of furan rings is 1. The Kier molecular flexibility index (Phi) is 8.18. The molecular formula is C27H36N4O5. The van der Waals surface area contributed by atoms with Gasteiger partial charge >= 0.3 is 0 Å². The Bertz CT molecular complexity index is 1180. The van der Waals surface area contributed by atoms with Crippen LogP contribution < -0.4 is 24.4 Å². The second-order valence-electron chi connectivity index (χ2n) is 8.88. The third kappa shape index (κ3) is 5.34. The Hall–Kier alpha value is -3.49. The molecule has 4 rings (SSSR count). The molecule has 1 N–H and O–H groups in total. The standard InChI is InChI=1S/C27H36N4O5/c1-6-33-21-12-19(13-22(34-7-2)24(21)35-8-3)14-28-26(32)20-10-9-11-31(15-20)25-23-17(4)18(5)36-27(23)30-16-29-25/h12-13,16,20H,6-11,14-15H2,1-5H3,(H,28,32)/t20-/m1/s1. The molecule has 36 heavy (non-hydrogen) atoms. The highest BCUT2D eigenvalue weighted by Gasteiger charge is 2.29. The number of hydrogen-bond donors (Lipinski definition) is 1. The number of piperidine rings is 1. The van der Waals surface area contributed by atoms with Crippen molar-refractivity contribution in [3.63, 3.8) is 0 Å². The van der Waals surface area contributed by atoms with Gasteiger partial charge in [-0.2, -0.15) is 0 Å². The number of benzene rings is 1. The maximum absolute atomic E-state index is 13.2. The Balaban J connectivity index is 1.48. The first-order valence-electron chi connectivity index (χ1n) is 12.7. The van der Waals surface area contributed by atoms with E-state index in [2.05, 4.69) is 20.2 Å². The molecule has 0 bridgehead atoms. The van der Waals surface area contributed by atoms with E-state index in [1.54, 1.807) is 0 Å². The Morgan fingerprint density at radius 1 is 1.08 bits per heavy atom. The maximum Gasteiger partial charge on any atom is 0.231 e. The van der Waals surface area contributed by atoms with Crippen LogP contribution in [0.3, 0.4) is 0 Å². The fraction of sp³-hybridized carbons (Fsp3) is 0.519. The van der Waals surface area contributed by atoms with E-state index in [-0.39, 0.29) is 11.8 Å². The average Bonchev–Trinajstić information content (AvgIpc) is 3.18. The summed E-state index contributed by atoms with van der Waals surface area (Å²) in [7, 11) is 0. The molecule has 0 unspecified atom stereocenters. The summed E-state index contributed by atoms with van der Waals surface area (Å²) in [6.07, 6.45) is 3.27. The summed E-state index contributed by atoms with van der Waals surface area (Å²) in [6, 6.07) is 3.82. The van der Waals surface area contributed by atoms with Crippen LogP contribution in [0.2, 0.25) is 0 Å². The summed E-state index contributed by atoms with van der Waals surface area (Å²) in [5.74, 6) is 3.40. The molecule has 0 saturated carbocycles. The van der Waals surface area contributed by atoms with E-state index in [1.165, 1.54) is 6.33 Å². The molecule has 3 heterocycles. The van der Waals surface area contributed by atoms with Crippen molar-refractivity contribution in [1.82, 2.24) is 15.3 Å². The fourth-order valence-electron chi connectivity index (χ4n) is 4.67. The van der Waals surface area contributed by atoms with Crippen LogP contribution in [0.1, 0.15) is 50.5 Å². The molecule has 194 valence electrons. The molecule has 0 spiro atoms. The monoisotopic (exact) mass is 496 g/mol. The van der Waals surface area contributed by atoms with Gasteiger partial charge in [-0.25, -0.2) is 9.97 Å². The summed E-state index contributed by atoms with van der Waals surface area (Å²) >= 11 is 0. The van der Waals surface area contributed by atoms with Gasteiger partial charge in [0.05, 0.1) is 31.1 Å². The second kappa shape index (κ2) is 11.5. The number of aryl methyl sites for hydroxylation is 2. The smallest absolute Gasteiger partial charge is 0.231 e. The molecule has 1 amide bonds. The Labute approximate surface area is 212 Å². The van der Waals surface area contributed by atoms with Crippen molar-refractivity contribution in [2.45, 2.75) is 54.0 Å². The molecule has 1 atom stereocenters. The van der Waals surface area contributed by atoms with Crippen molar-refractivity contribution < 1.29 is 23.4 Å². The molecule has 1 aromatic carbocycles. The zero-order chi connectivity index (χ0) is 25.7. The maximum atomic E-state index is 13.2. The molecule has 2 aromatic heterocycles. The Morgan fingerprint density at radius 2 is 1.78 bits per heavy atom. The van der Waals surface area contributed by atoms with Crippen molar-refractivity contribution in [3.8, 4) is 17.2 Å². The average molecular weight is 497 g/mol. The molecular weight excluding hydrogens is 460 g/mol. The summed E-state index contributed by atoms with van der Waals surface area (Å²) in [4.78, 5) is 24.2. The van der Waals surface area contributed by atoms with E-state index in [0.717, 1.165) is 47.5 Å². The minimum atomic E-state index is -0.141. The van der Waals surface area contributed by atoms with Crippen molar-refractivity contribution >= 4 is 22.8 Å². The summed E-state index contributed by atoms with van der Waals surface area (Å²) in [5.41, 5.74) is 2.53. The predicted molar refractivity (Wildman–Crippen MR) is 138 cm³/mol. The van der Waals surface area contributed by atoms with E-state index in [4.69, 9.17) is 18.6 Å². The largest absolute Gasteiger partial charge is 0.490 e. The summed E-state index contributed by atoms with van der Waals surface area (Å²) < 4.78 is 23.2. The van der Waals surface area contributed by atoms with Crippen LogP contribution in [-0.2, 0) is 11.3 Å². The van der Waals surface area contributed by atoms with Gasteiger partial charge in [0, 0.05) is 25.2 Å². The lowest BCUT2D eigenvalue weighted by Gasteiger charge is -2.33. The number of amides is 1. The molecule has 9 nitrogen and oxygen atoms in total. The van der Waals surface area contributed by atoms with Gasteiger partial charge in [0.15, 0.2) is 11.5 Å². The third-order valence-corrected chi connectivity index (χ3v) is 6.47. The highest BCUT2D eigenvalue weighted by molar-refractivity contribution is 5.90. The van der Waals surface area contributed by atoms with Gasteiger partial charge in [0.1, 0.15) is 17.9 Å². The minimum Gasteiger partial charge on any atom is -0.490 e. The van der Waals surface area contributed by atoms with Gasteiger partial charge < -0.3 is 28.8 Å². The van der Waals surface area contributed by atoms with Crippen LogP contribution >= 0.6 is 0 Å². The number of ether oxygens (including phenoxy) is 3. The molecule has 1 fully saturated rings. The number of nitrogens with zero attached hydrogens (tertiary/aromatic N) is 3. The number of rotatable bonds is 10. The van der Waals surface area contributed by atoms with Gasteiger partial charge in [-0.1, -0.05) is 0 Å². The topological polar surface area (TPSA) is 99.0 Å². The number of aromatic nitrogens is 2. The lowest BCUT2D eigenvalue weighted by Crippen LogP contribution is -2.43. The van der Waals surface area contributed by atoms with Gasteiger partial charge in [0.25, 0.3) is 0 Å². The molecule has 9 heteroatoms. The van der Waals surface area contributed by atoms with Crippen LogP contribution in [0.25, 0.3) is 11.1 Å². The molecule has 1 saturated heterocycles. The Morgan fingerprint density at radius 3 is 2.44 bits per heavy atom. The van der Waals surface area contributed by atoms with Crippen molar-refractivity contribution in [3.05, 3.63) is 35.3 Å². The van der Waals surface area contributed by atoms with Gasteiger partial charge in [0.2, 0.25) is 17.4 Å². The molecule has 1 aliphatic rings. The summed E-state index contributed by atoms with van der Waals surface area (Å²) in [5, 5.41) is 4.04. The van der Waals surface area contributed by atoms with Crippen LogP contribution in [0, 0.1) is 19.8 Å². The quantitative estimate of drug-likeness (QED) is 0.436. The third-order valence-electron chi connectivity index (χ3n) is 6.47. The lowest BCUT2D eigenvalue weighted by atomic mass is 9.96. The molecule has 0 aliphatic carbocycles. The fourth-order valence-corrected chi connectivity index (χ4v) is 4.67. The van der Waals surface area contributed by atoms with Crippen LogP contribution in [0.15, 0.2) is 22.9 Å². The normalized spacial score (nSPS) is 15.7. The van der Waals surface area contributed by atoms with Crippen molar-refractivity contribution in [1.29, 1.82) is 0 Å². The molecule has 1 aliphatic heterocycles. The van der Waals surface area contributed by atoms with E-state index in [9.17, 15) is 4.79 Å². The summed E-state index contributed by atoms with van der Waals surface area (Å²) in [6.45, 7) is 13.1. The SMILES string of the molecule is CCOc1cc(CNC(=O)[C@@H]2CCCN(c3ncnc4oc(C)c(C)c34)C2)cc(OCC)c1OCC. The number of anilines is 1. The molecule has 3 aromatic rings. The highest BCUT2D eigenvalue weighted by Crippen LogP contribution is 2.39. The predicted octanol–water partition coefficient (Wildman–Crippen LogP) is 4.57. The van der Waals surface area contributed by atoms with E-state index < -0.39 is 0 Å². The number of carbonyl (C=O) groups is 1. The first-order valence-corrected chi connectivity index (χ1v) is 12.7. The van der Waals surface area contributed by atoms with E-state index in [0.29, 0.717) is 55.9 Å². The molecule has 0 radical (unpaired) electrons. The first-order chi connectivity index (χ1) is 17.5. The zero-order valence-electron chi connectivity index (χ0n) is 21.8. The lowest BCUT2D eigenvalue weighted by molar-refractivity contribution is -0.125. The van der Waals surface area contributed by atoms with E-state index >= 15 is 0 Å². The van der Waals surface area contributed by atoms with Gasteiger partial charge in [-0.3, -0.25) is 4.79 Å². The number of fused-ring (bicyclic) bond motifs is 1. The van der Waals surface area contributed by atoms with Crippen LogP contribution in [0.5, 0.6) is 17.2 Å². The van der Waals surface area contributed by atoms with Gasteiger partial charge in [-0.05, 0) is 65.2 Å².